The maximum atomic E-state index is 14.5. The Balaban J connectivity index is 1.45. The van der Waals surface area contributed by atoms with Crippen molar-refractivity contribution >= 4 is 22.1 Å². The second-order valence-corrected chi connectivity index (χ2v) is 8.17. The van der Waals surface area contributed by atoms with Gasteiger partial charge in [-0.05, 0) is 60.0 Å². The fraction of sp³-hybridized carbons (Fsp3) is 0.200. The summed E-state index contributed by atoms with van der Waals surface area (Å²) in [6, 6.07) is 18.7. The van der Waals surface area contributed by atoms with Gasteiger partial charge in [0.25, 0.3) is 0 Å². The lowest BCUT2D eigenvalue weighted by Gasteiger charge is -2.10. The maximum Gasteiger partial charge on any atom is 0.179 e. The molecule has 0 amide bonds. The third kappa shape index (κ3) is 4.01. The molecule has 0 saturated carbocycles. The predicted octanol–water partition coefficient (Wildman–Crippen LogP) is 5.26. The zero-order valence-electron chi connectivity index (χ0n) is 17.9. The average molecular weight is 427 g/mol. The first-order valence-electron chi connectivity index (χ1n) is 10.5. The highest BCUT2D eigenvalue weighted by molar-refractivity contribution is 5.79. The molecule has 0 radical (unpaired) electrons. The second-order valence-electron chi connectivity index (χ2n) is 8.17. The van der Waals surface area contributed by atoms with E-state index in [2.05, 4.69) is 21.4 Å². The zero-order valence-corrected chi connectivity index (χ0v) is 17.9. The van der Waals surface area contributed by atoms with E-state index in [1.165, 1.54) is 6.07 Å². The van der Waals surface area contributed by atoms with Crippen molar-refractivity contribution in [1.82, 2.24) is 25.0 Å². The molecule has 0 unspecified atom stereocenters. The van der Waals surface area contributed by atoms with Crippen LogP contribution in [0.2, 0.25) is 0 Å². The van der Waals surface area contributed by atoms with Crippen molar-refractivity contribution in [1.29, 1.82) is 0 Å². The van der Waals surface area contributed by atoms with Gasteiger partial charge in [-0.3, -0.25) is 4.98 Å². The van der Waals surface area contributed by atoms with Gasteiger partial charge in [-0.15, -0.1) is 5.10 Å². The maximum absolute atomic E-state index is 14.5. The monoisotopic (exact) mass is 427 g/mol. The molecule has 0 fully saturated rings. The number of fused-ring (bicyclic) bond motifs is 2. The van der Waals surface area contributed by atoms with Gasteiger partial charge in [0.1, 0.15) is 5.52 Å². The summed E-state index contributed by atoms with van der Waals surface area (Å²) in [4.78, 5) is 9.09. The molecule has 3 heterocycles. The largest absolute Gasteiger partial charge is 0.490 e. The van der Waals surface area contributed by atoms with E-state index in [0.717, 1.165) is 16.5 Å². The van der Waals surface area contributed by atoms with Gasteiger partial charge < -0.3 is 4.74 Å². The summed E-state index contributed by atoms with van der Waals surface area (Å²) in [6.45, 7) is 5.04. The first-order valence-corrected chi connectivity index (χ1v) is 10.5. The third-order valence-electron chi connectivity index (χ3n) is 5.16. The summed E-state index contributed by atoms with van der Waals surface area (Å²) < 4.78 is 21.8. The Kier molecular flexibility index (Phi) is 5.23. The van der Waals surface area contributed by atoms with Crippen LogP contribution >= 0.6 is 0 Å². The van der Waals surface area contributed by atoms with Crippen LogP contribution in [0.25, 0.3) is 33.3 Å². The van der Waals surface area contributed by atoms with E-state index >= 15 is 0 Å². The first kappa shape index (κ1) is 20.1. The molecule has 5 rings (SSSR count). The molecule has 7 heteroatoms. The highest BCUT2D eigenvalue weighted by atomic mass is 19.1. The van der Waals surface area contributed by atoms with Gasteiger partial charge in [-0.1, -0.05) is 31.2 Å². The molecular formula is C25H22FN5O. The fourth-order valence-corrected chi connectivity index (χ4v) is 3.55. The number of pyridine rings is 2. The van der Waals surface area contributed by atoms with Crippen molar-refractivity contribution in [3.05, 3.63) is 78.2 Å². The summed E-state index contributed by atoms with van der Waals surface area (Å²) in [7, 11) is 0. The minimum atomic E-state index is -0.401. The Morgan fingerprint density at radius 1 is 1.00 bits per heavy atom. The van der Waals surface area contributed by atoms with Crippen LogP contribution in [0.3, 0.4) is 0 Å². The number of hydrogen-bond donors (Lipinski definition) is 0. The molecule has 32 heavy (non-hydrogen) atoms. The molecule has 0 aliphatic rings. The smallest absolute Gasteiger partial charge is 0.179 e. The molecule has 0 saturated heterocycles. The zero-order chi connectivity index (χ0) is 22.1. The van der Waals surface area contributed by atoms with Gasteiger partial charge in [0.05, 0.1) is 24.4 Å². The van der Waals surface area contributed by atoms with Crippen LogP contribution in [0.1, 0.15) is 19.4 Å². The Hall–Kier alpha value is -3.87. The summed E-state index contributed by atoms with van der Waals surface area (Å²) >= 11 is 0. The highest BCUT2D eigenvalue weighted by Crippen LogP contribution is 2.26. The molecule has 0 atom stereocenters. The Labute approximate surface area is 184 Å². The van der Waals surface area contributed by atoms with Crippen LogP contribution in [0, 0.1) is 11.7 Å². The van der Waals surface area contributed by atoms with Crippen LogP contribution in [-0.4, -0.2) is 31.6 Å². The molecule has 3 aromatic heterocycles. The Bertz CT molecular complexity index is 1410. The number of aromatic nitrogens is 5. The van der Waals surface area contributed by atoms with Gasteiger partial charge in [0, 0.05) is 17.1 Å². The molecule has 5 aromatic rings. The van der Waals surface area contributed by atoms with Crippen LogP contribution < -0.4 is 4.74 Å². The number of rotatable bonds is 6. The van der Waals surface area contributed by atoms with Crippen molar-refractivity contribution < 1.29 is 9.13 Å². The molecule has 0 N–H and O–H groups in total. The van der Waals surface area contributed by atoms with E-state index in [-0.39, 0.29) is 5.75 Å². The summed E-state index contributed by atoms with van der Waals surface area (Å²) in [5, 5.41) is 9.57. The standard InChI is InChI=1S/C25H22FN5O/c1-16(2)15-32-24-10-6-19(13-20(24)26)22-8-9-23-25(28-22)31(30-29-23)14-17-5-7-21-18(12-17)4-3-11-27-21/h3-13,16H,14-15H2,1-2H3. The van der Waals surface area contributed by atoms with Crippen molar-refractivity contribution in [2.75, 3.05) is 6.61 Å². The Morgan fingerprint density at radius 3 is 2.72 bits per heavy atom. The minimum absolute atomic E-state index is 0.251. The van der Waals surface area contributed by atoms with E-state index in [0.29, 0.717) is 41.5 Å². The molecule has 0 aliphatic carbocycles. The van der Waals surface area contributed by atoms with Crippen molar-refractivity contribution in [2.24, 2.45) is 5.92 Å². The minimum Gasteiger partial charge on any atom is -0.490 e. The van der Waals surface area contributed by atoms with E-state index in [4.69, 9.17) is 9.72 Å². The summed E-state index contributed by atoms with van der Waals surface area (Å²) in [5.41, 5.74) is 4.68. The SMILES string of the molecule is CC(C)COc1ccc(-c2ccc3nnn(Cc4ccc5ncccc5c4)c3n2)cc1F. The van der Waals surface area contributed by atoms with E-state index in [1.807, 2.05) is 56.3 Å². The van der Waals surface area contributed by atoms with Gasteiger partial charge >= 0.3 is 0 Å². The van der Waals surface area contributed by atoms with Gasteiger partial charge in [0.15, 0.2) is 17.2 Å². The molecule has 2 aromatic carbocycles. The normalized spacial score (nSPS) is 11.5. The predicted molar refractivity (Wildman–Crippen MR) is 122 cm³/mol. The number of hydrogen-bond acceptors (Lipinski definition) is 5. The Morgan fingerprint density at radius 2 is 1.88 bits per heavy atom. The van der Waals surface area contributed by atoms with Crippen molar-refractivity contribution in [3.63, 3.8) is 0 Å². The van der Waals surface area contributed by atoms with E-state index in [9.17, 15) is 4.39 Å². The summed E-state index contributed by atoms with van der Waals surface area (Å²) in [6.07, 6.45) is 1.78. The molecule has 0 aliphatic heterocycles. The first-order chi connectivity index (χ1) is 15.6. The molecule has 0 spiro atoms. The average Bonchev–Trinajstić information content (AvgIpc) is 3.20. The van der Waals surface area contributed by atoms with Crippen LogP contribution in [0.5, 0.6) is 5.75 Å². The quantitative estimate of drug-likeness (QED) is 0.370. The van der Waals surface area contributed by atoms with E-state index < -0.39 is 5.82 Å². The highest BCUT2D eigenvalue weighted by Gasteiger charge is 2.12. The lowest BCUT2D eigenvalue weighted by molar-refractivity contribution is 0.259. The third-order valence-corrected chi connectivity index (χ3v) is 5.16. The molecule has 0 bridgehead atoms. The number of ether oxygens (including phenoxy) is 1. The van der Waals surface area contributed by atoms with Gasteiger partial charge in [0.2, 0.25) is 0 Å². The molecule has 160 valence electrons. The summed E-state index contributed by atoms with van der Waals surface area (Å²) in [5.74, 6) is 0.173. The lowest BCUT2D eigenvalue weighted by atomic mass is 10.1. The number of nitrogens with zero attached hydrogens (tertiary/aromatic N) is 5. The van der Waals surface area contributed by atoms with Crippen molar-refractivity contribution in [3.8, 4) is 17.0 Å². The van der Waals surface area contributed by atoms with Crippen molar-refractivity contribution in [2.45, 2.75) is 20.4 Å². The van der Waals surface area contributed by atoms with Crippen LogP contribution in [0.4, 0.5) is 4.39 Å². The lowest BCUT2D eigenvalue weighted by Crippen LogP contribution is -2.05. The number of halogens is 1. The topological polar surface area (TPSA) is 65.7 Å². The van der Waals surface area contributed by atoms with Crippen LogP contribution in [-0.2, 0) is 6.54 Å². The van der Waals surface area contributed by atoms with Gasteiger partial charge in [-0.25, -0.2) is 14.1 Å². The second kappa shape index (κ2) is 8.34. The fourth-order valence-electron chi connectivity index (χ4n) is 3.55. The van der Waals surface area contributed by atoms with Gasteiger partial charge in [-0.2, -0.15) is 0 Å². The van der Waals surface area contributed by atoms with E-state index in [1.54, 1.807) is 16.9 Å². The molecule has 6 nitrogen and oxygen atoms in total. The van der Waals surface area contributed by atoms with Crippen LogP contribution in [0.15, 0.2) is 66.9 Å². The number of benzene rings is 2. The molecular weight excluding hydrogens is 405 g/mol.